The maximum atomic E-state index is 12.8. The van der Waals surface area contributed by atoms with Gasteiger partial charge in [-0.25, -0.2) is 0 Å². The van der Waals surface area contributed by atoms with Crippen molar-refractivity contribution in [3.05, 3.63) is 45.7 Å². The minimum Gasteiger partial charge on any atom is -0.347 e. The molecule has 1 aromatic carbocycles. The molecule has 1 aromatic heterocycles. The highest BCUT2D eigenvalue weighted by molar-refractivity contribution is 5.80. The van der Waals surface area contributed by atoms with Crippen LogP contribution in [0.1, 0.15) is 31.0 Å². The second-order valence-electron chi connectivity index (χ2n) is 6.43. The SMILES string of the molecule is Cc1c(CN2CCC(C)CC2)c(=O)c2ccccc2n1C. The number of nitrogens with zero attached hydrogens (tertiary/aromatic N) is 2. The van der Waals surface area contributed by atoms with Gasteiger partial charge in [0.05, 0.1) is 5.52 Å². The normalized spacial score (nSPS) is 17.5. The smallest absolute Gasteiger partial charge is 0.194 e. The summed E-state index contributed by atoms with van der Waals surface area (Å²) < 4.78 is 2.15. The first-order chi connectivity index (χ1) is 10.1. The van der Waals surface area contributed by atoms with Gasteiger partial charge in [-0.15, -0.1) is 0 Å². The standard InChI is InChI=1S/C18H24N2O/c1-13-8-10-20(11-9-13)12-16-14(2)19(3)17-7-5-4-6-15(17)18(16)21/h4-7,13H,8-12H2,1-3H3. The van der Waals surface area contributed by atoms with Crippen LogP contribution in [0.15, 0.2) is 29.1 Å². The molecule has 1 aliphatic heterocycles. The van der Waals surface area contributed by atoms with Gasteiger partial charge in [-0.05, 0) is 50.9 Å². The predicted octanol–water partition coefficient (Wildman–Crippen LogP) is 3.08. The number of aryl methyl sites for hydroxylation is 1. The van der Waals surface area contributed by atoms with Crippen LogP contribution in [0.5, 0.6) is 0 Å². The summed E-state index contributed by atoms with van der Waals surface area (Å²) in [6.07, 6.45) is 2.49. The molecule has 2 heterocycles. The number of hydrogen-bond acceptors (Lipinski definition) is 2. The van der Waals surface area contributed by atoms with Gasteiger partial charge in [0.15, 0.2) is 5.43 Å². The van der Waals surface area contributed by atoms with Crippen molar-refractivity contribution in [2.75, 3.05) is 13.1 Å². The highest BCUT2D eigenvalue weighted by atomic mass is 16.1. The molecule has 0 bridgehead atoms. The lowest BCUT2D eigenvalue weighted by Gasteiger charge is -2.30. The zero-order chi connectivity index (χ0) is 15.0. The summed E-state index contributed by atoms with van der Waals surface area (Å²) >= 11 is 0. The third-order valence-corrected chi connectivity index (χ3v) is 4.98. The molecule has 0 saturated carbocycles. The van der Waals surface area contributed by atoms with Gasteiger partial charge in [-0.2, -0.15) is 0 Å². The molecule has 3 heteroatoms. The summed E-state index contributed by atoms with van der Waals surface area (Å²) in [6.45, 7) is 7.39. The van der Waals surface area contributed by atoms with E-state index in [9.17, 15) is 4.79 Å². The Morgan fingerprint density at radius 1 is 1.19 bits per heavy atom. The first kappa shape index (κ1) is 14.3. The van der Waals surface area contributed by atoms with Gasteiger partial charge in [0.1, 0.15) is 0 Å². The third kappa shape index (κ3) is 2.62. The van der Waals surface area contributed by atoms with Crippen LogP contribution in [0, 0.1) is 12.8 Å². The Labute approximate surface area is 126 Å². The number of para-hydroxylation sites is 1. The summed E-state index contributed by atoms with van der Waals surface area (Å²) in [5.74, 6) is 0.821. The largest absolute Gasteiger partial charge is 0.347 e. The second-order valence-corrected chi connectivity index (χ2v) is 6.43. The van der Waals surface area contributed by atoms with Crippen LogP contribution in [0.2, 0.25) is 0 Å². The molecular weight excluding hydrogens is 260 g/mol. The summed E-state index contributed by atoms with van der Waals surface area (Å²) in [5.41, 5.74) is 3.29. The molecule has 3 nitrogen and oxygen atoms in total. The molecule has 21 heavy (non-hydrogen) atoms. The van der Waals surface area contributed by atoms with Crippen molar-refractivity contribution < 1.29 is 0 Å². The molecule has 0 spiro atoms. The van der Waals surface area contributed by atoms with Crippen LogP contribution in [-0.4, -0.2) is 22.6 Å². The van der Waals surface area contributed by atoms with Crippen LogP contribution >= 0.6 is 0 Å². The summed E-state index contributed by atoms with van der Waals surface area (Å²) in [6, 6.07) is 7.91. The number of benzene rings is 1. The van der Waals surface area contributed by atoms with E-state index < -0.39 is 0 Å². The Morgan fingerprint density at radius 3 is 2.57 bits per heavy atom. The molecule has 1 fully saturated rings. The average molecular weight is 284 g/mol. The molecule has 1 saturated heterocycles. The number of rotatable bonds is 2. The fourth-order valence-electron chi connectivity index (χ4n) is 3.30. The van der Waals surface area contributed by atoms with E-state index in [0.29, 0.717) is 0 Å². The molecule has 0 aliphatic carbocycles. The van der Waals surface area contributed by atoms with Gasteiger partial charge >= 0.3 is 0 Å². The first-order valence-electron chi connectivity index (χ1n) is 7.87. The molecule has 0 amide bonds. The van der Waals surface area contributed by atoms with Crippen molar-refractivity contribution >= 4 is 10.9 Å². The Kier molecular flexibility index (Phi) is 3.85. The van der Waals surface area contributed by atoms with E-state index in [0.717, 1.165) is 47.7 Å². The zero-order valence-electron chi connectivity index (χ0n) is 13.2. The third-order valence-electron chi connectivity index (χ3n) is 4.98. The van der Waals surface area contributed by atoms with Crippen molar-refractivity contribution in [2.45, 2.75) is 33.2 Å². The molecule has 0 N–H and O–H groups in total. The fourth-order valence-corrected chi connectivity index (χ4v) is 3.30. The number of fused-ring (bicyclic) bond motifs is 1. The van der Waals surface area contributed by atoms with Crippen LogP contribution in [0.3, 0.4) is 0 Å². The highest BCUT2D eigenvalue weighted by Gasteiger charge is 2.19. The number of likely N-dealkylation sites (tertiary alicyclic amines) is 1. The fraction of sp³-hybridized carbons (Fsp3) is 0.500. The number of pyridine rings is 1. The number of aromatic nitrogens is 1. The Morgan fingerprint density at radius 2 is 1.86 bits per heavy atom. The topological polar surface area (TPSA) is 25.2 Å². The van der Waals surface area contributed by atoms with E-state index in [4.69, 9.17) is 0 Å². The lowest BCUT2D eigenvalue weighted by Crippen LogP contribution is -2.34. The first-order valence-corrected chi connectivity index (χ1v) is 7.87. The van der Waals surface area contributed by atoms with Crippen molar-refractivity contribution in [3.63, 3.8) is 0 Å². The molecule has 0 radical (unpaired) electrons. The van der Waals surface area contributed by atoms with Crippen molar-refractivity contribution in [1.82, 2.24) is 9.47 Å². The van der Waals surface area contributed by atoms with E-state index in [1.54, 1.807) is 0 Å². The van der Waals surface area contributed by atoms with Crippen molar-refractivity contribution in [3.8, 4) is 0 Å². The highest BCUT2D eigenvalue weighted by Crippen LogP contribution is 2.20. The monoisotopic (exact) mass is 284 g/mol. The van der Waals surface area contributed by atoms with Gasteiger partial charge in [0, 0.05) is 30.2 Å². The Hall–Kier alpha value is -1.61. The van der Waals surface area contributed by atoms with E-state index >= 15 is 0 Å². The van der Waals surface area contributed by atoms with E-state index in [1.165, 1.54) is 12.8 Å². The summed E-state index contributed by atoms with van der Waals surface area (Å²) in [4.78, 5) is 15.2. The predicted molar refractivity (Wildman–Crippen MR) is 87.6 cm³/mol. The van der Waals surface area contributed by atoms with Gasteiger partial charge in [-0.3, -0.25) is 9.69 Å². The number of piperidine rings is 1. The lowest BCUT2D eigenvalue weighted by molar-refractivity contribution is 0.184. The molecule has 112 valence electrons. The van der Waals surface area contributed by atoms with Gasteiger partial charge in [0.2, 0.25) is 0 Å². The Bertz CT molecular complexity index is 709. The second kappa shape index (κ2) is 5.64. The van der Waals surface area contributed by atoms with Gasteiger partial charge in [0.25, 0.3) is 0 Å². The maximum absolute atomic E-state index is 12.8. The van der Waals surface area contributed by atoms with E-state index in [-0.39, 0.29) is 5.43 Å². The average Bonchev–Trinajstić information content (AvgIpc) is 2.51. The summed E-state index contributed by atoms with van der Waals surface area (Å²) in [5, 5.41) is 0.839. The minimum atomic E-state index is 0.208. The minimum absolute atomic E-state index is 0.208. The van der Waals surface area contributed by atoms with E-state index in [1.807, 2.05) is 24.3 Å². The van der Waals surface area contributed by atoms with Crippen molar-refractivity contribution in [2.24, 2.45) is 13.0 Å². The zero-order valence-corrected chi connectivity index (χ0v) is 13.2. The Balaban J connectivity index is 2.00. The maximum Gasteiger partial charge on any atom is 0.194 e. The lowest BCUT2D eigenvalue weighted by atomic mass is 9.98. The van der Waals surface area contributed by atoms with Gasteiger partial charge < -0.3 is 4.57 Å². The summed E-state index contributed by atoms with van der Waals surface area (Å²) in [7, 11) is 2.05. The number of hydrogen-bond donors (Lipinski definition) is 0. The van der Waals surface area contributed by atoms with Crippen LogP contribution < -0.4 is 5.43 Å². The van der Waals surface area contributed by atoms with Crippen LogP contribution in [0.4, 0.5) is 0 Å². The molecule has 1 aliphatic rings. The van der Waals surface area contributed by atoms with Crippen molar-refractivity contribution in [1.29, 1.82) is 0 Å². The molecular formula is C18H24N2O. The molecule has 0 atom stereocenters. The van der Waals surface area contributed by atoms with Gasteiger partial charge in [-0.1, -0.05) is 19.1 Å². The van der Waals surface area contributed by atoms with E-state index in [2.05, 4.69) is 30.4 Å². The van der Waals surface area contributed by atoms with Crippen LogP contribution in [0.25, 0.3) is 10.9 Å². The molecule has 2 aromatic rings. The molecule has 3 rings (SSSR count). The molecule has 0 unspecified atom stereocenters. The quantitative estimate of drug-likeness (QED) is 0.847. The van der Waals surface area contributed by atoms with Crippen LogP contribution in [-0.2, 0) is 13.6 Å².